The molecule has 5 heteroatoms. The Bertz CT molecular complexity index is 417. The van der Waals surface area contributed by atoms with Crippen molar-refractivity contribution in [2.24, 2.45) is 0 Å². The molecule has 2 N–H and O–H groups in total. The zero-order chi connectivity index (χ0) is 11.6. The van der Waals surface area contributed by atoms with Crippen LogP contribution in [0.4, 0.5) is 4.39 Å². The Labute approximate surface area is 90.4 Å². The Balaban J connectivity index is 3.02. The van der Waals surface area contributed by atoms with E-state index < -0.39 is 23.5 Å². The lowest BCUT2D eigenvalue weighted by Gasteiger charge is -2.10. The minimum Gasteiger partial charge on any atom is -0.478 e. The average molecular weight is 231 g/mol. The third-order valence-electron chi connectivity index (χ3n) is 1.86. The van der Waals surface area contributed by atoms with Crippen molar-refractivity contribution in [2.75, 3.05) is 0 Å². The fourth-order valence-electron chi connectivity index (χ4n) is 1.00. The number of hydrogen-bond acceptors (Lipinski definition) is 2. The molecule has 0 saturated heterocycles. The van der Waals surface area contributed by atoms with Crippen LogP contribution < -0.4 is 0 Å². The Morgan fingerprint density at radius 1 is 1.53 bits per heavy atom. The third kappa shape index (κ3) is 2.55. The molecule has 0 radical (unpaired) electrons. The molecule has 0 heterocycles. The number of rotatable bonds is 3. The van der Waals surface area contributed by atoms with Crippen LogP contribution in [0.1, 0.15) is 11.7 Å². The van der Waals surface area contributed by atoms with Crippen molar-refractivity contribution in [1.29, 1.82) is 0 Å². The second-order valence-electron chi connectivity index (χ2n) is 2.91. The van der Waals surface area contributed by atoms with Gasteiger partial charge in [0.2, 0.25) is 0 Å². The van der Waals surface area contributed by atoms with Crippen LogP contribution in [0.5, 0.6) is 0 Å². The Morgan fingerprint density at radius 3 is 2.60 bits per heavy atom. The second kappa shape index (κ2) is 4.42. The van der Waals surface area contributed by atoms with Gasteiger partial charge in [0.05, 0.1) is 10.6 Å². The van der Waals surface area contributed by atoms with Gasteiger partial charge in [0.25, 0.3) is 0 Å². The Kier molecular flexibility index (Phi) is 3.44. The minimum atomic E-state index is -1.44. The van der Waals surface area contributed by atoms with E-state index in [4.69, 9.17) is 16.7 Å². The van der Waals surface area contributed by atoms with E-state index in [9.17, 15) is 14.3 Å². The average Bonchev–Trinajstić information content (AvgIpc) is 2.19. The van der Waals surface area contributed by atoms with Crippen molar-refractivity contribution in [3.8, 4) is 0 Å². The summed E-state index contributed by atoms with van der Waals surface area (Å²) in [6.45, 7) is 3.18. The van der Waals surface area contributed by atoms with Gasteiger partial charge in [-0.3, -0.25) is 0 Å². The summed E-state index contributed by atoms with van der Waals surface area (Å²) < 4.78 is 13.0. The molecular formula is C10H8ClFO3. The molecule has 0 amide bonds. The van der Waals surface area contributed by atoms with Crippen molar-refractivity contribution < 1.29 is 19.4 Å². The number of carbonyl (C=O) groups is 1. The van der Waals surface area contributed by atoms with Crippen LogP contribution in [0.25, 0.3) is 0 Å². The summed E-state index contributed by atoms with van der Waals surface area (Å²) in [6, 6.07) is 3.55. The molecule has 1 unspecified atom stereocenters. The van der Waals surface area contributed by atoms with Crippen molar-refractivity contribution >= 4 is 17.6 Å². The smallest absolute Gasteiger partial charge is 0.333 e. The van der Waals surface area contributed by atoms with Crippen molar-refractivity contribution in [2.45, 2.75) is 6.10 Å². The fraction of sp³-hybridized carbons (Fsp3) is 0.100. The van der Waals surface area contributed by atoms with Gasteiger partial charge in [-0.2, -0.15) is 0 Å². The molecule has 0 aliphatic rings. The van der Waals surface area contributed by atoms with E-state index in [-0.39, 0.29) is 10.6 Å². The number of hydrogen-bond donors (Lipinski definition) is 2. The van der Waals surface area contributed by atoms with E-state index in [1.54, 1.807) is 0 Å². The number of aliphatic carboxylic acids is 1. The predicted molar refractivity (Wildman–Crippen MR) is 53.1 cm³/mol. The number of benzene rings is 1. The van der Waals surface area contributed by atoms with Crippen molar-refractivity contribution in [3.05, 3.63) is 46.8 Å². The highest BCUT2D eigenvalue weighted by Crippen LogP contribution is 2.24. The first-order chi connectivity index (χ1) is 6.93. The topological polar surface area (TPSA) is 57.5 Å². The van der Waals surface area contributed by atoms with Gasteiger partial charge in [0.1, 0.15) is 11.9 Å². The first-order valence-electron chi connectivity index (χ1n) is 3.98. The van der Waals surface area contributed by atoms with Crippen LogP contribution in [0.15, 0.2) is 30.4 Å². The van der Waals surface area contributed by atoms with Gasteiger partial charge in [0.15, 0.2) is 0 Å². The quantitative estimate of drug-likeness (QED) is 0.783. The molecule has 0 aliphatic heterocycles. The molecule has 0 aromatic heterocycles. The molecule has 0 saturated carbocycles. The van der Waals surface area contributed by atoms with Gasteiger partial charge in [-0.25, -0.2) is 9.18 Å². The van der Waals surface area contributed by atoms with E-state index in [0.29, 0.717) is 0 Å². The standard InChI is InChI=1S/C10H8ClFO3/c1-5(10(14)15)9(13)6-2-3-7(11)8(12)4-6/h2-4,9,13H,1H2,(H,14,15). The van der Waals surface area contributed by atoms with E-state index in [0.717, 1.165) is 6.07 Å². The molecule has 3 nitrogen and oxygen atoms in total. The van der Waals surface area contributed by atoms with Crippen LogP contribution in [0.2, 0.25) is 5.02 Å². The van der Waals surface area contributed by atoms with E-state index in [1.165, 1.54) is 12.1 Å². The summed E-state index contributed by atoms with van der Waals surface area (Å²) in [6.07, 6.45) is -1.44. The lowest BCUT2D eigenvalue weighted by Crippen LogP contribution is -2.09. The maximum absolute atomic E-state index is 13.0. The summed E-state index contributed by atoms with van der Waals surface area (Å²) in [7, 11) is 0. The molecule has 15 heavy (non-hydrogen) atoms. The minimum absolute atomic E-state index is 0.0908. The second-order valence-corrected chi connectivity index (χ2v) is 3.31. The number of carboxylic acid groups (broad SMARTS) is 1. The van der Waals surface area contributed by atoms with Gasteiger partial charge < -0.3 is 10.2 Å². The third-order valence-corrected chi connectivity index (χ3v) is 2.17. The highest BCUT2D eigenvalue weighted by molar-refractivity contribution is 6.30. The summed E-state index contributed by atoms with van der Waals surface area (Å²) in [4.78, 5) is 10.5. The highest BCUT2D eigenvalue weighted by Gasteiger charge is 2.18. The summed E-state index contributed by atoms with van der Waals surface area (Å²) in [5.41, 5.74) is -0.318. The molecule has 80 valence electrons. The molecule has 0 spiro atoms. The van der Waals surface area contributed by atoms with Crippen molar-refractivity contribution in [1.82, 2.24) is 0 Å². The maximum atomic E-state index is 13.0. The van der Waals surface area contributed by atoms with Crippen molar-refractivity contribution in [3.63, 3.8) is 0 Å². The van der Waals surface area contributed by atoms with Gasteiger partial charge in [-0.1, -0.05) is 24.2 Å². The zero-order valence-corrected chi connectivity index (χ0v) is 8.33. The van der Waals surface area contributed by atoms with E-state index in [1.807, 2.05) is 0 Å². The molecule has 0 bridgehead atoms. The highest BCUT2D eigenvalue weighted by atomic mass is 35.5. The first kappa shape index (κ1) is 11.7. The van der Waals surface area contributed by atoms with Gasteiger partial charge >= 0.3 is 5.97 Å². The molecule has 1 atom stereocenters. The fourth-order valence-corrected chi connectivity index (χ4v) is 1.12. The first-order valence-corrected chi connectivity index (χ1v) is 4.36. The van der Waals surface area contributed by atoms with E-state index >= 15 is 0 Å². The number of aliphatic hydroxyl groups is 1. The normalized spacial score (nSPS) is 12.2. The van der Waals surface area contributed by atoms with Crippen LogP contribution in [-0.2, 0) is 4.79 Å². The summed E-state index contributed by atoms with van der Waals surface area (Å²) >= 11 is 5.43. The predicted octanol–water partition coefficient (Wildman–Crippen LogP) is 2.15. The largest absolute Gasteiger partial charge is 0.478 e. The molecule has 0 aliphatic carbocycles. The molecule has 1 rings (SSSR count). The summed E-state index contributed by atoms with van der Waals surface area (Å²) in [5.74, 6) is -2.05. The lowest BCUT2D eigenvalue weighted by atomic mass is 10.0. The van der Waals surface area contributed by atoms with Crippen LogP contribution in [0.3, 0.4) is 0 Å². The number of carboxylic acids is 1. The lowest BCUT2D eigenvalue weighted by molar-refractivity contribution is -0.133. The monoisotopic (exact) mass is 230 g/mol. The van der Waals surface area contributed by atoms with E-state index in [2.05, 4.69) is 6.58 Å². The Morgan fingerprint density at radius 2 is 2.13 bits per heavy atom. The molecule has 0 fully saturated rings. The number of aliphatic hydroxyl groups excluding tert-OH is 1. The Hall–Kier alpha value is -1.39. The molecular weight excluding hydrogens is 223 g/mol. The zero-order valence-electron chi connectivity index (χ0n) is 7.58. The molecule has 1 aromatic carbocycles. The van der Waals surface area contributed by atoms with Crippen LogP contribution in [0, 0.1) is 5.82 Å². The van der Waals surface area contributed by atoms with Crippen LogP contribution >= 0.6 is 11.6 Å². The maximum Gasteiger partial charge on any atom is 0.333 e. The van der Waals surface area contributed by atoms with Gasteiger partial charge in [0, 0.05) is 0 Å². The van der Waals surface area contributed by atoms with Gasteiger partial charge in [-0.05, 0) is 17.7 Å². The number of halogens is 2. The molecule has 1 aromatic rings. The SMILES string of the molecule is C=C(C(=O)O)C(O)c1ccc(Cl)c(F)c1. The van der Waals surface area contributed by atoms with Gasteiger partial charge in [-0.15, -0.1) is 0 Å². The summed E-state index contributed by atoms with van der Waals surface area (Å²) in [5, 5.41) is 18.0. The van der Waals surface area contributed by atoms with Crippen LogP contribution in [-0.4, -0.2) is 16.2 Å².